The largest absolute Gasteiger partial charge is 0.511 e. The molecule has 6 nitrogen and oxygen atoms in total. The van der Waals surface area contributed by atoms with Gasteiger partial charge in [0.25, 0.3) is 8.32 Å². The van der Waals surface area contributed by atoms with Gasteiger partial charge in [-0.25, -0.2) is 4.39 Å². The van der Waals surface area contributed by atoms with Crippen LogP contribution in [0.3, 0.4) is 0 Å². The van der Waals surface area contributed by atoms with E-state index < -0.39 is 28.4 Å². The van der Waals surface area contributed by atoms with Crippen molar-refractivity contribution in [1.82, 2.24) is 4.98 Å². The zero-order valence-electron chi connectivity index (χ0n) is 28.8. The van der Waals surface area contributed by atoms with E-state index in [4.69, 9.17) is 13.9 Å². The molecule has 1 heterocycles. The van der Waals surface area contributed by atoms with Crippen LogP contribution in [-0.4, -0.2) is 43.2 Å². The molecule has 0 aliphatic heterocycles. The van der Waals surface area contributed by atoms with Crippen molar-refractivity contribution < 1.29 is 27.8 Å². The highest BCUT2D eigenvalue weighted by atomic mass is 31.1. The second-order valence-corrected chi connectivity index (χ2v) is 19.4. The van der Waals surface area contributed by atoms with Crippen LogP contribution in [0.25, 0.3) is 11.1 Å². The molecule has 9 heteroatoms. The van der Waals surface area contributed by atoms with E-state index in [0.717, 1.165) is 51.3 Å². The molecule has 3 aromatic carbocycles. The molecule has 1 fully saturated rings. The van der Waals surface area contributed by atoms with E-state index in [2.05, 4.69) is 52.5 Å². The fourth-order valence-corrected chi connectivity index (χ4v) is 12.0. The summed E-state index contributed by atoms with van der Waals surface area (Å²) in [6.07, 6.45) is 0.920. The van der Waals surface area contributed by atoms with Gasteiger partial charge in [-0.2, -0.15) is 0 Å². The lowest BCUT2D eigenvalue weighted by molar-refractivity contribution is -0.138. The Morgan fingerprint density at radius 3 is 2.10 bits per heavy atom. The molecule has 1 aromatic heterocycles. The molecule has 0 saturated heterocycles. The summed E-state index contributed by atoms with van der Waals surface area (Å²) in [6, 6.07) is 28.3. The number of pyridine rings is 1. The molecule has 2 unspecified atom stereocenters. The average molecular weight is 697 g/mol. The lowest BCUT2D eigenvalue weighted by Gasteiger charge is -2.44. The van der Waals surface area contributed by atoms with Gasteiger partial charge in [0.1, 0.15) is 11.9 Å². The van der Waals surface area contributed by atoms with Crippen LogP contribution >= 0.6 is 8.03 Å². The van der Waals surface area contributed by atoms with Crippen LogP contribution in [0.4, 0.5) is 4.39 Å². The monoisotopic (exact) mass is 696 g/mol. The van der Waals surface area contributed by atoms with Crippen molar-refractivity contribution in [3.05, 3.63) is 114 Å². The normalized spacial score (nSPS) is 14.2. The van der Waals surface area contributed by atoms with E-state index in [1.165, 1.54) is 12.1 Å². The fraction of sp³-hybridized carbons (Fsp3) is 0.350. The number of hydrogen-bond donors (Lipinski definition) is 1. The second-order valence-electron chi connectivity index (χ2n) is 13.9. The van der Waals surface area contributed by atoms with Crippen LogP contribution in [0, 0.1) is 17.7 Å². The van der Waals surface area contributed by atoms with Gasteiger partial charge in [-0.05, 0) is 62.5 Å². The molecular formula is C40H44FNO5PSi+. The first-order chi connectivity index (χ1) is 23.4. The van der Waals surface area contributed by atoms with Crippen LogP contribution in [0.5, 0.6) is 0 Å². The van der Waals surface area contributed by atoms with Crippen LogP contribution in [0.2, 0.25) is 5.04 Å². The maximum atomic E-state index is 13.8. The highest BCUT2D eigenvalue weighted by molar-refractivity contribution is 7.39. The third-order valence-corrected chi connectivity index (χ3v) is 15.0. The Morgan fingerprint density at radius 1 is 1.00 bits per heavy atom. The van der Waals surface area contributed by atoms with Gasteiger partial charge in [0.2, 0.25) is 6.16 Å². The van der Waals surface area contributed by atoms with Gasteiger partial charge in [-0.1, -0.05) is 119 Å². The highest BCUT2D eigenvalue weighted by Gasteiger charge is 2.52. The maximum Gasteiger partial charge on any atom is 0.511 e. The molecule has 1 aliphatic rings. The number of carboxylic acid groups (broad SMARTS) is 1. The number of carbonyl (C=O) groups is 1. The number of carboxylic acids is 1. The number of halogens is 1. The molecule has 4 aromatic rings. The summed E-state index contributed by atoms with van der Waals surface area (Å²) >= 11 is 0. The number of aromatic nitrogens is 1. The molecular weight excluding hydrogens is 652 g/mol. The molecule has 49 heavy (non-hydrogen) atoms. The van der Waals surface area contributed by atoms with Crippen LogP contribution in [-0.2, 0) is 18.3 Å². The Morgan fingerprint density at radius 2 is 1.59 bits per heavy atom. The van der Waals surface area contributed by atoms with Crippen LogP contribution < -0.4 is 10.4 Å². The molecule has 1 N–H and O–H groups in total. The Kier molecular flexibility index (Phi) is 11.6. The summed E-state index contributed by atoms with van der Waals surface area (Å²) in [5.41, 5.74) is 4.36. The van der Waals surface area contributed by atoms with Gasteiger partial charge in [0.05, 0.1) is 17.7 Å². The Bertz CT molecular complexity index is 1790. The van der Waals surface area contributed by atoms with E-state index >= 15 is 0 Å². The van der Waals surface area contributed by atoms with Crippen molar-refractivity contribution in [2.24, 2.45) is 0 Å². The van der Waals surface area contributed by atoms with Crippen LogP contribution in [0.15, 0.2) is 91.0 Å². The van der Waals surface area contributed by atoms with Crippen molar-refractivity contribution >= 4 is 32.7 Å². The molecule has 1 aliphatic carbocycles. The SMILES string of the molecule is CC(C)c1nc(C2CC2)cc(-c2ccc(F)cc2)c1C#CCO[P+](=O)CC(CC(=O)O)O[Si](c1ccccc1)(c1ccccc1)C(C)(C)C. The van der Waals surface area contributed by atoms with Crippen molar-refractivity contribution in [3.63, 3.8) is 0 Å². The molecule has 5 rings (SSSR count). The Hall–Kier alpha value is -3.99. The number of benzene rings is 3. The Labute approximate surface area is 291 Å². The van der Waals surface area contributed by atoms with E-state index in [1.54, 1.807) is 12.1 Å². The number of rotatable bonds is 13. The number of hydrogen-bond acceptors (Lipinski definition) is 5. The van der Waals surface area contributed by atoms with Gasteiger partial charge in [0.15, 0.2) is 6.61 Å². The smallest absolute Gasteiger partial charge is 0.481 e. The first-order valence-corrected chi connectivity index (χ1v) is 20.0. The minimum absolute atomic E-state index is 0.0927. The molecule has 0 amide bonds. The predicted molar refractivity (Wildman–Crippen MR) is 196 cm³/mol. The molecule has 0 radical (unpaired) electrons. The van der Waals surface area contributed by atoms with Crippen molar-refractivity contribution in [2.75, 3.05) is 12.8 Å². The third-order valence-electron chi connectivity index (χ3n) is 8.77. The van der Waals surface area contributed by atoms with Crippen molar-refractivity contribution in [3.8, 4) is 23.0 Å². The zero-order valence-corrected chi connectivity index (χ0v) is 30.7. The third kappa shape index (κ3) is 8.79. The minimum atomic E-state index is -3.10. The lowest BCUT2D eigenvalue weighted by atomic mass is 9.93. The number of aliphatic carboxylic acids is 1. The summed E-state index contributed by atoms with van der Waals surface area (Å²) in [6.45, 7) is 10.3. The molecule has 1 saturated carbocycles. The lowest BCUT2D eigenvalue weighted by Crippen LogP contribution is -2.68. The molecule has 0 spiro atoms. The van der Waals surface area contributed by atoms with Gasteiger partial charge in [-0.15, -0.1) is 4.52 Å². The van der Waals surface area contributed by atoms with Gasteiger partial charge < -0.3 is 9.53 Å². The predicted octanol–water partition coefficient (Wildman–Crippen LogP) is 8.42. The van der Waals surface area contributed by atoms with E-state index in [-0.39, 0.29) is 36.0 Å². The number of nitrogens with zero attached hydrogens (tertiary/aromatic N) is 1. The van der Waals surface area contributed by atoms with Gasteiger partial charge >= 0.3 is 14.0 Å². The topological polar surface area (TPSA) is 85.7 Å². The Balaban J connectivity index is 1.40. The summed E-state index contributed by atoms with van der Waals surface area (Å²) in [5, 5.41) is 11.5. The van der Waals surface area contributed by atoms with Crippen molar-refractivity contribution in [1.29, 1.82) is 0 Å². The second kappa shape index (κ2) is 15.7. The summed E-state index contributed by atoms with van der Waals surface area (Å²) in [4.78, 5) is 17.1. The molecule has 2 atom stereocenters. The average Bonchev–Trinajstić information content (AvgIpc) is 3.91. The summed E-state index contributed by atoms with van der Waals surface area (Å²) in [7, 11) is -5.42. The molecule has 0 bridgehead atoms. The quantitative estimate of drug-likeness (QED) is 0.0859. The first-order valence-electron chi connectivity index (χ1n) is 16.8. The van der Waals surface area contributed by atoms with Gasteiger partial charge in [-0.3, -0.25) is 9.78 Å². The van der Waals surface area contributed by atoms with E-state index in [1.807, 2.05) is 60.7 Å². The standard InChI is InChI=1S/C40H43FNO5PSi/c1-28(2)39-35(36(26-37(42-39)30-18-19-30)29-20-22-31(41)23-21-29)17-12-24-46-48(45)27-32(25-38(43)44)47-49(40(3,4)5,33-13-8-6-9-14-33)34-15-10-7-11-16-34/h6-11,13-16,20-23,26,28,30,32H,18-19,24-25,27H2,1-5H3/p+1. The highest BCUT2D eigenvalue weighted by Crippen LogP contribution is 2.42. The summed E-state index contributed by atoms with van der Waals surface area (Å²) < 4.78 is 40.0. The zero-order chi connectivity index (χ0) is 35.2. The van der Waals surface area contributed by atoms with Crippen molar-refractivity contribution in [2.45, 2.75) is 76.9 Å². The van der Waals surface area contributed by atoms with Crippen LogP contribution in [0.1, 0.15) is 82.7 Å². The minimum Gasteiger partial charge on any atom is -0.481 e. The van der Waals surface area contributed by atoms with E-state index in [0.29, 0.717) is 5.92 Å². The molecule has 254 valence electrons. The van der Waals surface area contributed by atoms with Gasteiger partial charge in [0, 0.05) is 17.2 Å². The fourth-order valence-electron chi connectivity index (χ4n) is 6.31. The maximum absolute atomic E-state index is 13.8. The van der Waals surface area contributed by atoms with E-state index in [9.17, 15) is 18.9 Å². The first kappa shape index (κ1) is 36.3. The summed E-state index contributed by atoms with van der Waals surface area (Å²) in [5.74, 6) is 5.43.